The largest absolute Gasteiger partial charge is 0.493 e. The highest BCUT2D eigenvalue weighted by molar-refractivity contribution is 7.80. The molecule has 0 radical (unpaired) electrons. The van der Waals surface area contributed by atoms with E-state index in [1.165, 1.54) is 12.8 Å². The van der Waals surface area contributed by atoms with Gasteiger partial charge in [0.25, 0.3) is 5.91 Å². The van der Waals surface area contributed by atoms with E-state index in [0.717, 1.165) is 29.7 Å². The van der Waals surface area contributed by atoms with Crippen molar-refractivity contribution in [3.8, 4) is 5.75 Å². The fraction of sp³-hybridized carbons (Fsp3) is 0.364. The van der Waals surface area contributed by atoms with E-state index in [2.05, 4.69) is 17.6 Å². The molecule has 0 atom stereocenters. The van der Waals surface area contributed by atoms with E-state index in [1.54, 1.807) is 6.07 Å². The molecule has 0 bridgehead atoms. The van der Waals surface area contributed by atoms with Gasteiger partial charge in [-0.3, -0.25) is 10.1 Å². The number of amides is 1. The standard InChI is InChI=1S/C22H28N2O2S/c1-4-5-6-9-15-26-19-14-8-7-13-18(19)21(25)24-22(27)23-20-16(2)11-10-12-17(20)3/h7-8,10-14H,4-6,9,15H2,1-3H3,(H2,23,24,25,27). The number of benzene rings is 2. The van der Waals surface area contributed by atoms with Gasteiger partial charge in [-0.25, -0.2) is 0 Å². The summed E-state index contributed by atoms with van der Waals surface area (Å²) in [4.78, 5) is 12.7. The van der Waals surface area contributed by atoms with Crippen LogP contribution in [0.3, 0.4) is 0 Å². The number of ether oxygens (including phenoxy) is 1. The second-order valence-electron chi connectivity index (χ2n) is 6.58. The van der Waals surface area contributed by atoms with Gasteiger partial charge >= 0.3 is 0 Å². The first kappa shape index (κ1) is 20.9. The number of thiocarbonyl (C=S) groups is 1. The van der Waals surface area contributed by atoms with E-state index >= 15 is 0 Å². The maximum absolute atomic E-state index is 12.7. The number of unbranched alkanes of at least 4 members (excludes halogenated alkanes) is 3. The van der Waals surface area contributed by atoms with E-state index in [4.69, 9.17) is 17.0 Å². The van der Waals surface area contributed by atoms with Crippen LogP contribution in [-0.4, -0.2) is 17.6 Å². The monoisotopic (exact) mass is 384 g/mol. The third-order valence-corrected chi connectivity index (χ3v) is 4.54. The fourth-order valence-corrected chi connectivity index (χ4v) is 3.01. The number of carbonyl (C=O) groups is 1. The van der Waals surface area contributed by atoms with Crippen molar-refractivity contribution < 1.29 is 9.53 Å². The van der Waals surface area contributed by atoms with E-state index in [0.29, 0.717) is 17.9 Å². The van der Waals surface area contributed by atoms with Crippen molar-refractivity contribution in [2.45, 2.75) is 46.5 Å². The van der Waals surface area contributed by atoms with Gasteiger partial charge in [-0.2, -0.15) is 0 Å². The summed E-state index contributed by atoms with van der Waals surface area (Å²) >= 11 is 5.33. The Morgan fingerprint density at radius 2 is 1.70 bits per heavy atom. The second-order valence-corrected chi connectivity index (χ2v) is 6.99. The van der Waals surface area contributed by atoms with Crippen molar-refractivity contribution in [2.24, 2.45) is 0 Å². The average molecular weight is 385 g/mol. The molecule has 2 N–H and O–H groups in total. The molecule has 0 saturated heterocycles. The lowest BCUT2D eigenvalue weighted by atomic mass is 10.1. The first-order valence-electron chi connectivity index (χ1n) is 9.43. The molecule has 0 aliphatic rings. The lowest BCUT2D eigenvalue weighted by Crippen LogP contribution is -2.34. The van der Waals surface area contributed by atoms with Gasteiger partial charge < -0.3 is 10.1 Å². The molecule has 0 saturated carbocycles. The number of nitrogens with one attached hydrogen (secondary N) is 2. The van der Waals surface area contributed by atoms with Crippen LogP contribution in [0.5, 0.6) is 5.75 Å². The Hall–Kier alpha value is -2.40. The Balaban J connectivity index is 1.98. The summed E-state index contributed by atoms with van der Waals surface area (Å²) in [6.07, 6.45) is 4.50. The summed E-state index contributed by atoms with van der Waals surface area (Å²) in [5.41, 5.74) is 3.55. The second kappa shape index (κ2) is 10.7. The third-order valence-electron chi connectivity index (χ3n) is 4.33. The van der Waals surface area contributed by atoms with Gasteiger partial charge in [0.1, 0.15) is 5.75 Å². The number of aryl methyl sites for hydroxylation is 2. The Labute approximate surface area is 167 Å². The van der Waals surface area contributed by atoms with E-state index < -0.39 is 0 Å². The SMILES string of the molecule is CCCCCCOc1ccccc1C(=O)NC(=S)Nc1c(C)cccc1C. The molecule has 2 aromatic carbocycles. The van der Waals surface area contributed by atoms with Gasteiger partial charge in [-0.15, -0.1) is 0 Å². The smallest absolute Gasteiger partial charge is 0.261 e. The van der Waals surface area contributed by atoms with Gasteiger partial charge in [0.05, 0.1) is 12.2 Å². The molecule has 5 heteroatoms. The van der Waals surface area contributed by atoms with Crippen molar-refractivity contribution in [1.82, 2.24) is 5.32 Å². The van der Waals surface area contributed by atoms with Crippen LogP contribution < -0.4 is 15.4 Å². The Morgan fingerprint density at radius 1 is 1.00 bits per heavy atom. The molecule has 0 heterocycles. The quantitative estimate of drug-likeness (QED) is 0.473. The lowest BCUT2D eigenvalue weighted by molar-refractivity contribution is 0.0973. The van der Waals surface area contributed by atoms with Crippen LogP contribution in [0.15, 0.2) is 42.5 Å². The minimum absolute atomic E-state index is 0.273. The van der Waals surface area contributed by atoms with Crippen molar-refractivity contribution in [3.63, 3.8) is 0 Å². The zero-order valence-corrected chi connectivity index (χ0v) is 17.1. The molecule has 27 heavy (non-hydrogen) atoms. The normalized spacial score (nSPS) is 10.3. The molecule has 0 aliphatic heterocycles. The van der Waals surface area contributed by atoms with Crippen LogP contribution in [0.1, 0.15) is 54.1 Å². The number of anilines is 1. The highest BCUT2D eigenvalue weighted by atomic mass is 32.1. The maximum atomic E-state index is 12.7. The van der Waals surface area contributed by atoms with Crippen LogP contribution in [0.25, 0.3) is 0 Å². The van der Waals surface area contributed by atoms with Gasteiger partial charge in [0, 0.05) is 5.69 Å². The minimum Gasteiger partial charge on any atom is -0.493 e. The average Bonchev–Trinajstić information content (AvgIpc) is 2.65. The summed E-state index contributed by atoms with van der Waals surface area (Å²) in [5, 5.41) is 6.15. The van der Waals surface area contributed by atoms with Crippen molar-refractivity contribution >= 4 is 28.9 Å². The van der Waals surface area contributed by atoms with Gasteiger partial charge in [0.15, 0.2) is 5.11 Å². The number of para-hydroxylation sites is 2. The molecule has 2 rings (SSSR count). The van der Waals surface area contributed by atoms with Crippen LogP contribution in [0.2, 0.25) is 0 Å². The molecule has 0 spiro atoms. The van der Waals surface area contributed by atoms with Gasteiger partial charge in [-0.1, -0.05) is 56.5 Å². The fourth-order valence-electron chi connectivity index (χ4n) is 2.82. The summed E-state index contributed by atoms with van der Waals surface area (Å²) in [6.45, 7) is 6.79. The van der Waals surface area contributed by atoms with Gasteiger partial charge in [-0.05, 0) is 55.7 Å². The first-order valence-corrected chi connectivity index (χ1v) is 9.84. The number of hydrogen-bond acceptors (Lipinski definition) is 3. The van der Waals surface area contributed by atoms with Crippen LogP contribution in [-0.2, 0) is 0 Å². The number of rotatable bonds is 8. The third kappa shape index (κ3) is 6.36. The summed E-state index contributed by atoms with van der Waals surface area (Å²) in [7, 11) is 0. The molecule has 0 unspecified atom stereocenters. The maximum Gasteiger partial charge on any atom is 0.261 e. The minimum atomic E-state index is -0.275. The van der Waals surface area contributed by atoms with E-state index in [1.807, 2.05) is 50.2 Å². The first-order chi connectivity index (χ1) is 13.0. The highest BCUT2D eigenvalue weighted by Gasteiger charge is 2.14. The lowest BCUT2D eigenvalue weighted by Gasteiger charge is -2.15. The molecule has 0 aliphatic carbocycles. The van der Waals surface area contributed by atoms with Crippen molar-refractivity contribution in [3.05, 3.63) is 59.2 Å². The van der Waals surface area contributed by atoms with E-state index in [9.17, 15) is 4.79 Å². The molecule has 2 aromatic rings. The van der Waals surface area contributed by atoms with Crippen molar-refractivity contribution in [2.75, 3.05) is 11.9 Å². The summed E-state index contributed by atoms with van der Waals surface area (Å²) in [6, 6.07) is 13.2. The predicted molar refractivity (Wildman–Crippen MR) is 116 cm³/mol. The summed E-state index contributed by atoms with van der Waals surface area (Å²) < 4.78 is 5.82. The topological polar surface area (TPSA) is 50.4 Å². The van der Waals surface area contributed by atoms with Crippen LogP contribution in [0.4, 0.5) is 5.69 Å². The zero-order valence-electron chi connectivity index (χ0n) is 16.3. The molecule has 4 nitrogen and oxygen atoms in total. The van der Waals surface area contributed by atoms with E-state index in [-0.39, 0.29) is 11.0 Å². The molecule has 0 fully saturated rings. The Bertz CT molecular complexity index is 769. The Morgan fingerprint density at radius 3 is 2.41 bits per heavy atom. The Kier molecular flexibility index (Phi) is 8.27. The zero-order chi connectivity index (χ0) is 19.6. The molecular weight excluding hydrogens is 356 g/mol. The molecule has 1 amide bonds. The number of hydrogen-bond donors (Lipinski definition) is 2. The number of carbonyl (C=O) groups excluding carboxylic acids is 1. The highest BCUT2D eigenvalue weighted by Crippen LogP contribution is 2.20. The summed E-state index contributed by atoms with van der Waals surface area (Å²) in [5.74, 6) is 0.310. The van der Waals surface area contributed by atoms with Crippen molar-refractivity contribution in [1.29, 1.82) is 0 Å². The predicted octanol–water partition coefficient (Wildman–Crippen LogP) is 5.39. The van der Waals surface area contributed by atoms with Crippen LogP contribution >= 0.6 is 12.2 Å². The molecule has 0 aromatic heterocycles. The molecule has 144 valence electrons. The molecular formula is C22H28N2O2S. The van der Waals surface area contributed by atoms with Gasteiger partial charge in [0.2, 0.25) is 0 Å². The van der Waals surface area contributed by atoms with Crippen LogP contribution in [0, 0.1) is 13.8 Å².